The maximum Gasteiger partial charge on any atom is 0.119 e. The number of thioether (sulfide) groups is 1. The summed E-state index contributed by atoms with van der Waals surface area (Å²) >= 11 is 1.70. The van der Waals surface area contributed by atoms with Gasteiger partial charge in [-0.05, 0) is 52.7 Å². The molecule has 0 unspecified atom stereocenters. The van der Waals surface area contributed by atoms with Gasteiger partial charge in [0.25, 0.3) is 0 Å². The van der Waals surface area contributed by atoms with Crippen LogP contribution in [0.5, 0.6) is 5.75 Å². The number of fused-ring (bicyclic) bond motifs is 1. The highest BCUT2D eigenvalue weighted by Crippen LogP contribution is 2.27. The molecule has 26 heavy (non-hydrogen) atoms. The summed E-state index contributed by atoms with van der Waals surface area (Å²) < 4.78 is 5.19. The first-order valence-corrected chi connectivity index (χ1v) is 9.39. The number of rotatable bonds is 5. The first kappa shape index (κ1) is 16.6. The van der Waals surface area contributed by atoms with E-state index in [1.54, 1.807) is 18.9 Å². The van der Waals surface area contributed by atoms with Crippen molar-refractivity contribution in [2.24, 2.45) is 0 Å². The predicted molar refractivity (Wildman–Crippen MR) is 108 cm³/mol. The fraction of sp³-hybridized carbons (Fsp3) is 0.0909. The van der Waals surface area contributed by atoms with Crippen molar-refractivity contribution in [2.75, 3.05) is 7.11 Å². The van der Waals surface area contributed by atoms with E-state index in [2.05, 4.69) is 52.7 Å². The summed E-state index contributed by atoms with van der Waals surface area (Å²) in [6, 6.07) is 26.8. The van der Waals surface area contributed by atoms with E-state index >= 15 is 0 Å². The van der Waals surface area contributed by atoms with Crippen LogP contribution in [0.4, 0.5) is 0 Å². The Morgan fingerprint density at radius 2 is 1.62 bits per heavy atom. The second kappa shape index (κ2) is 7.58. The Hall–Kier alpha value is -2.85. The van der Waals surface area contributed by atoms with Crippen LogP contribution in [0.15, 0.2) is 83.9 Å². The Bertz CT molecular complexity index is 1010. The quantitative estimate of drug-likeness (QED) is 0.435. The van der Waals surface area contributed by atoms with Crippen LogP contribution in [0.1, 0.15) is 5.56 Å². The molecule has 0 aliphatic rings. The third-order valence-electron chi connectivity index (χ3n) is 4.28. The van der Waals surface area contributed by atoms with Gasteiger partial charge in [0.1, 0.15) is 10.8 Å². The number of methoxy groups -OCH3 is 1. The van der Waals surface area contributed by atoms with Crippen LogP contribution >= 0.6 is 11.8 Å². The molecule has 0 fully saturated rings. The molecule has 1 aromatic heterocycles. The predicted octanol–water partition coefficient (Wildman–Crippen LogP) is 5.60. The van der Waals surface area contributed by atoms with E-state index in [0.29, 0.717) is 0 Å². The number of hydrogen-bond acceptors (Lipinski definition) is 4. The van der Waals surface area contributed by atoms with Gasteiger partial charge in [-0.15, -0.1) is 10.2 Å². The van der Waals surface area contributed by atoms with Crippen molar-refractivity contribution in [1.29, 1.82) is 0 Å². The number of hydrogen-bond donors (Lipinski definition) is 0. The SMILES string of the molecule is COc1ccc(-c2ccc(SCc3cccc4ccccc34)nn2)cc1. The van der Waals surface area contributed by atoms with Crippen LogP contribution in [-0.4, -0.2) is 17.3 Å². The molecule has 0 N–H and O–H groups in total. The summed E-state index contributed by atoms with van der Waals surface area (Å²) in [6.07, 6.45) is 0. The molecule has 0 atom stereocenters. The van der Waals surface area contributed by atoms with Gasteiger partial charge < -0.3 is 4.74 Å². The van der Waals surface area contributed by atoms with Crippen LogP contribution in [0, 0.1) is 0 Å². The molecular weight excluding hydrogens is 340 g/mol. The fourth-order valence-corrected chi connectivity index (χ4v) is 3.70. The van der Waals surface area contributed by atoms with Crippen LogP contribution in [0.3, 0.4) is 0 Å². The van der Waals surface area contributed by atoms with E-state index in [4.69, 9.17) is 4.74 Å². The van der Waals surface area contributed by atoms with Gasteiger partial charge in [0.05, 0.1) is 12.8 Å². The average molecular weight is 358 g/mol. The van der Waals surface area contributed by atoms with Gasteiger partial charge >= 0.3 is 0 Å². The minimum Gasteiger partial charge on any atom is -0.497 e. The molecule has 1 heterocycles. The number of benzene rings is 3. The minimum atomic E-state index is 0.837. The second-order valence-corrected chi connectivity index (χ2v) is 6.91. The lowest BCUT2D eigenvalue weighted by Gasteiger charge is -2.06. The maximum absolute atomic E-state index is 5.19. The zero-order valence-corrected chi connectivity index (χ0v) is 15.2. The second-order valence-electron chi connectivity index (χ2n) is 5.91. The molecule has 4 rings (SSSR count). The van der Waals surface area contributed by atoms with Crippen molar-refractivity contribution in [3.8, 4) is 17.0 Å². The summed E-state index contributed by atoms with van der Waals surface area (Å²) in [5.41, 5.74) is 3.21. The van der Waals surface area contributed by atoms with Crippen molar-refractivity contribution in [2.45, 2.75) is 10.8 Å². The van der Waals surface area contributed by atoms with Crippen molar-refractivity contribution in [3.05, 3.63) is 84.4 Å². The lowest BCUT2D eigenvalue weighted by Crippen LogP contribution is -1.91. The number of ether oxygens (including phenoxy) is 1. The maximum atomic E-state index is 5.19. The van der Waals surface area contributed by atoms with Crippen LogP contribution in [0.25, 0.3) is 22.0 Å². The van der Waals surface area contributed by atoms with E-state index in [1.807, 2.05) is 36.4 Å². The molecule has 0 amide bonds. The molecule has 0 spiro atoms. The molecule has 0 saturated heterocycles. The van der Waals surface area contributed by atoms with Gasteiger partial charge in [0.15, 0.2) is 0 Å². The van der Waals surface area contributed by atoms with Crippen LogP contribution in [-0.2, 0) is 5.75 Å². The molecule has 0 aliphatic heterocycles. The number of nitrogens with zero attached hydrogens (tertiary/aromatic N) is 2. The van der Waals surface area contributed by atoms with Gasteiger partial charge in [0.2, 0.25) is 0 Å². The highest BCUT2D eigenvalue weighted by molar-refractivity contribution is 7.98. The average Bonchev–Trinajstić information content (AvgIpc) is 2.73. The molecule has 3 nitrogen and oxygen atoms in total. The van der Waals surface area contributed by atoms with Crippen LogP contribution in [0.2, 0.25) is 0 Å². The van der Waals surface area contributed by atoms with Gasteiger partial charge in [-0.3, -0.25) is 0 Å². The zero-order chi connectivity index (χ0) is 17.8. The van der Waals surface area contributed by atoms with E-state index in [-0.39, 0.29) is 0 Å². The van der Waals surface area contributed by atoms with Crippen LogP contribution < -0.4 is 4.74 Å². The van der Waals surface area contributed by atoms with E-state index in [9.17, 15) is 0 Å². The molecule has 0 bridgehead atoms. The van der Waals surface area contributed by atoms with Crippen molar-refractivity contribution < 1.29 is 4.74 Å². The highest BCUT2D eigenvalue weighted by atomic mass is 32.2. The molecule has 128 valence electrons. The molecule has 0 saturated carbocycles. The Labute approximate surface area is 157 Å². The smallest absolute Gasteiger partial charge is 0.119 e. The summed E-state index contributed by atoms with van der Waals surface area (Å²) in [6.45, 7) is 0. The van der Waals surface area contributed by atoms with E-state index in [0.717, 1.165) is 27.8 Å². The van der Waals surface area contributed by atoms with Crippen molar-refractivity contribution in [1.82, 2.24) is 10.2 Å². The Morgan fingerprint density at radius 1 is 0.808 bits per heavy atom. The monoisotopic (exact) mass is 358 g/mol. The molecule has 3 aromatic carbocycles. The molecular formula is C22H18N2OS. The molecule has 4 aromatic rings. The lowest BCUT2D eigenvalue weighted by atomic mass is 10.1. The van der Waals surface area contributed by atoms with E-state index in [1.165, 1.54) is 16.3 Å². The van der Waals surface area contributed by atoms with Gasteiger partial charge in [-0.2, -0.15) is 0 Å². The fourth-order valence-electron chi connectivity index (χ4n) is 2.88. The standard InChI is InChI=1S/C22H18N2OS/c1-25-19-11-9-17(10-12-19)21-13-14-22(24-23-21)26-15-18-7-4-6-16-5-2-3-8-20(16)18/h2-14H,15H2,1H3. The normalized spacial score (nSPS) is 10.8. The summed E-state index contributed by atoms with van der Waals surface area (Å²) in [5.74, 6) is 1.71. The minimum absolute atomic E-state index is 0.837. The Kier molecular flexibility index (Phi) is 4.84. The van der Waals surface area contributed by atoms with Gasteiger partial charge in [-0.1, -0.05) is 54.2 Å². The summed E-state index contributed by atoms with van der Waals surface area (Å²) in [7, 11) is 1.66. The Morgan fingerprint density at radius 3 is 2.38 bits per heavy atom. The first-order chi connectivity index (χ1) is 12.8. The molecule has 4 heteroatoms. The summed E-state index contributed by atoms with van der Waals surface area (Å²) in [4.78, 5) is 0. The van der Waals surface area contributed by atoms with Crippen molar-refractivity contribution >= 4 is 22.5 Å². The largest absolute Gasteiger partial charge is 0.497 e. The summed E-state index contributed by atoms with van der Waals surface area (Å²) in [5, 5.41) is 12.2. The van der Waals surface area contributed by atoms with Gasteiger partial charge in [0, 0.05) is 11.3 Å². The third-order valence-corrected chi connectivity index (χ3v) is 5.25. The van der Waals surface area contributed by atoms with E-state index < -0.39 is 0 Å². The molecule has 0 radical (unpaired) electrons. The van der Waals surface area contributed by atoms with Gasteiger partial charge in [-0.25, -0.2) is 0 Å². The first-order valence-electron chi connectivity index (χ1n) is 8.41. The zero-order valence-electron chi connectivity index (χ0n) is 14.4. The third kappa shape index (κ3) is 3.55. The number of aromatic nitrogens is 2. The Balaban J connectivity index is 1.48. The molecule has 0 aliphatic carbocycles. The van der Waals surface area contributed by atoms with Crippen molar-refractivity contribution in [3.63, 3.8) is 0 Å². The highest BCUT2D eigenvalue weighted by Gasteiger charge is 2.05. The topological polar surface area (TPSA) is 35.0 Å². The lowest BCUT2D eigenvalue weighted by molar-refractivity contribution is 0.415.